The third-order valence-electron chi connectivity index (χ3n) is 6.04. The molecule has 0 bridgehead atoms. The Balaban J connectivity index is 1.55. The lowest BCUT2D eigenvalue weighted by molar-refractivity contribution is -0.142. The Morgan fingerprint density at radius 1 is 1.16 bits per heavy atom. The van der Waals surface area contributed by atoms with Crippen molar-refractivity contribution in [2.75, 3.05) is 30.5 Å². The highest BCUT2D eigenvalue weighted by Gasteiger charge is 2.27. The minimum Gasteiger partial charge on any atom is -0.481 e. The molecular weight excluding hydrogens is 418 g/mol. The van der Waals surface area contributed by atoms with E-state index >= 15 is 0 Å². The van der Waals surface area contributed by atoms with Crippen LogP contribution in [0.15, 0.2) is 36.4 Å². The minimum atomic E-state index is -0.739. The zero-order valence-corrected chi connectivity index (χ0v) is 17.6. The van der Waals surface area contributed by atoms with Crippen LogP contribution in [0.25, 0.3) is 10.9 Å². The highest BCUT2D eigenvalue weighted by atomic mass is 35.5. The number of carbonyl (C=O) groups is 1. The van der Waals surface area contributed by atoms with Crippen LogP contribution < -0.4 is 20.1 Å². The van der Waals surface area contributed by atoms with Crippen LogP contribution in [0.2, 0.25) is 5.02 Å². The van der Waals surface area contributed by atoms with E-state index in [1.165, 1.54) is 0 Å². The fraction of sp³-hybridized carbons (Fsp3) is 0.304. The summed E-state index contributed by atoms with van der Waals surface area (Å²) in [7, 11) is 0. The van der Waals surface area contributed by atoms with Gasteiger partial charge in [-0.1, -0.05) is 17.7 Å². The lowest BCUT2D eigenvalue weighted by Gasteiger charge is -2.32. The largest absolute Gasteiger partial charge is 0.481 e. The van der Waals surface area contributed by atoms with Crippen LogP contribution in [0.3, 0.4) is 0 Å². The Morgan fingerprint density at radius 3 is 2.71 bits per heavy atom. The van der Waals surface area contributed by atoms with E-state index in [0.717, 1.165) is 33.5 Å². The first-order valence-corrected chi connectivity index (χ1v) is 10.6. The van der Waals surface area contributed by atoms with E-state index in [2.05, 4.69) is 4.90 Å². The molecule has 8 heteroatoms. The molecule has 1 saturated heterocycles. The van der Waals surface area contributed by atoms with Gasteiger partial charge in [0, 0.05) is 29.9 Å². The smallest absolute Gasteiger partial charge is 0.306 e. The van der Waals surface area contributed by atoms with Gasteiger partial charge in [-0.25, -0.2) is 4.98 Å². The average Bonchev–Trinajstić information content (AvgIpc) is 3.24. The Labute approximate surface area is 184 Å². The molecule has 2 aliphatic heterocycles. The van der Waals surface area contributed by atoms with E-state index in [0.29, 0.717) is 48.9 Å². The first-order valence-electron chi connectivity index (χ1n) is 10.2. The second-order valence-electron chi connectivity index (χ2n) is 7.95. The Bertz CT molecular complexity index is 1180. The average molecular weight is 440 g/mol. The van der Waals surface area contributed by atoms with E-state index in [1.54, 1.807) is 0 Å². The molecule has 1 fully saturated rings. The SMILES string of the molecule is Nc1c(N2CCC(C(=O)O)CC2)nc2ccc(Cl)cc2c1Cc1ccc2c(c1)OCO2. The predicted molar refractivity (Wildman–Crippen MR) is 119 cm³/mol. The minimum absolute atomic E-state index is 0.227. The van der Waals surface area contributed by atoms with Crippen molar-refractivity contribution < 1.29 is 19.4 Å². The van der Waals surface area contributed by atoms with E-state index in [-0.39, 0.29) is 12.7 Å². The number of ether oxygens (including phenoxy) is 2. The third-order valence-corrected chi connectivity index (χ3v) is 6.27. The summed E-state index contributed by atoms with van der Waals surface area (Å²) in [5.74, 6) is 1.11. The van der Waals surface area contributed by atoms with Gasteiger partial charge in [-0.15, -0.1) is 0 Å². The number of halogens is 1. The van der Waals surface area contributed by atoms with E-state index < -0.39 is 5.97 Å². The lowest BCUT2D eigenvalue weighted by atomic mass is 9.95. The van der Waals surface area contributed by atoms with Gasteiger partial charge in [0.25, 0.3) is 0 Å². The van der Waals surface area contributed by atoms with Crippen molar-refractivity contribution in [3.05, 3.63) is 52.5 Å². The molecule has 3 heterocycles. The molecule has 2 aliphatic rings. The molecule has 0 saturated carbocycles. The molecule has 5 rings (SSSR count). The number of hydrogen-bond donors (Lipinski definition) is 2. The molecule has 3 aromatic rings. The number of anilines is 2. The number of carboxylic acids is 1. The normalized spacial score (nSPS) is 16.1. The lowest BCUT2D eigenvalue weighted by Crippen LogP contribution is -2.37. The zero-order valence-electron chi connectivity index (χ0n) is 16.8. The molecule has 160 valence electrons. The van der Waals surface area contributed by atoms with Crippen LogP contribution >= 0.6 is 11.6 Å². The number of piperidine rings is 1. The van der Waals surface area contributed by atoms with Crippen LogP contribution in [0.4, 0.5) is 11.5 Å². The number of nitrogen functional groups attached to an aromatic ring is 1. The van der Waals surface area contributed by atoms with Gasteiger partial charge in [0.15, 0.2) is 17.3 Å². The van der Waals surface area contributed by atoms with Crippen molar-refractivity contribution >= 4 is 40.0 Å². The summed E-state index contributed by atoms with van der Waals surface area (Å²) in [5.41, 5.74) is 10.1. The molecule has 0 atom stereocenters. The van der Waals surface area contributed by atoms with Crippen LogP contribution in [0.1, 0.15) is 24.0 Å². The molecule has 2 aromatic carbocycles. The van der Waals surface area contributed by atoms with Gasteiger partial charge < -0.3 is 25.2 Å². The fourth-order valence-electron chi connectivity index (χ4n) is 4.33. The summed E-state index contributed by atoms with van der Waals surface area (Å²) in [6.07, 6.45) is 1.74. The molecule has 31 heavy (non-hydrogen) atoms. The molecule has 0 spiro atoms. The molecule has 0 unspecified atom stereocenters. The first-order chi connectivity index (χ1) is 15.0. The fourth-order valence-corrected chi connectivity index (χ4v) is 4.50. The van der Waals surface area contributed by atoms with Crippen LogP contribution in [-0.4, -0.2) is 35.9 Å². The quantitative estimate of drug-likeness (QED) is 0.631. The number of hydrogen-bond acceptors (Lipinski definition) is 6. The number of nitrogens with zero attached hydrogens (tertiary/aromatic N) is 2. The van der Waals surface area contributed by atoms with Gasteiger partial charge in [0.1, 0.15) is 0 Å². The summed E-state index contributed by atoms with van der Waals surface area (Å²) in [5, 5.41) is 10.8. The Morgan fingerprint density at radius 2 is 1.94 bits per heavy atom. The maximum Gasteiger partial charge on any atom is 0.306 e. The van der Waals surface area contributed by atoms with Crippen molar-refractivity contribution in [1.29, 1.82) is 0 Å². The van der Waals surface area contributed by atoms with Crippen molar-refractivity contribution in [1.82, 2.24) is 4.98 Å². The maximum atomic E-state index is 11.3. The van der Waals surface area contributed by atoms with Gasteiger partial charge in [-0.3, -0.25) is 4.79 Å². The number of benzene rings is 2. The summed E-state index contributed by atoms with van der Waals surface area (Å²) in [4.78, 5) is 18.2. The molecule has 3 N–H and O–H groups in total. The number of carboxylic acid groups (broad SMARTS) is 1. The number of rotatable bonds is 4. The zero-order chi connectivity index (χ0) is 21.5. The standard InChI is InChI=1S/C23H22ClN3O4/c24-15-2-3-18-16(11-15)17(9-13-1-4-19-20(10-13)31-12-30-19)21(25)22(26-18)27-7-5-14(6-8-27)23(28)29/h1-4,10-11,14H,5-9,12,25H2,(H,28,29). The second kappa shape index (κ2) is 7.81. The number of nitrogens with two attached hydrogens (primary N) is 1. The number of aromatic nitrogens is 1. The predicted octanol–water partition coefficient (Wildman–Crippen LogP) is 4.09. The summed E-state index contributed by atoms with van der Waals surface area (Å²) >= 11 is 6.29. The van der Waals surface area contributed by atoms with Gasteiger partial charge >= 0.3 is 5.97 Å². The Kier molecular flexibility index (Phi) is 4.98. The first kappa shape index (κ1) is 19.8. The van der Waals surface area contributed by atoms with Crippen molar-refractivity contribution in [2.24, 2.45) is 5.92 Å². The highest BCUT2D eigenvalue weighted by Crippen LogP contribution is 2.38. The molecule has 0 aliphatic carbocycles. The van der Waals surface area contributed by atoms with Crippen molar-refractivity contribution in [3.8, 4) is 11.5 Å². The summed E-state index contributed by atoms with van der Waals surface area (Å²) < 4.78 is 10.9. The topological polar surface area (TPSA) is 97.9 Å². The number of aliphatic carboxylic acids is 1. The van der Waals surface area contributed by atoms with E-state index in [1.807, 2.05) is 36.4 Å². The van der Waals surface area contributed by atoms with Gasteiger partial charge in [0.2, 0.25) is 6.79 Å². The van der Waals surface area contributed by atoms with Gasteiger partial charge in [-0.05, 0) is 54.3 Å². The number of pyridine rings is 1. The van der Waals surface area contributed by atoms with E-state index in [4.69, 9.17) is 31.8 Å². The van der Waals surface area contributed by atoms with E-state index in [9.17, 15) is 9.90 Å². The second-order valence-corrected chi connectivity index (χ2v) is 8.39. The maximum absolute atomic E-state index is 11.3. The molecule has 1 aromatic heterocycles. The Hall–Kier alpha value is -3.19. The van der Waals surface area contributed by atoms with Gasteiger partial charge in [-0.2, -0.15) is 0 Å². The molecule has 0 amide bonds. The monoisotopic (exact) mass is 439 g/mol. The highest BCUT2D eigenvalue weighted by molar-refractivity contribution is 6.31. The van der Waals surface area contributed by atoms with Crippen LogP contribution in [0.5, 0.6) is 11.5 Å². The third kappa shape index (κ3) is 3.70. The van der Waals surface area contributed by atoms with Crippen LogP contribution in [0, 0.1) is 5.92 Å². The van der Waals surface area contributed by atoms with Crippen molar-refractivity contribution in [2.45, 2.75) is 19.3 Å². The molecule has 0 radical (unpaired) electrons. The van der Waals surface area contributed by atoms with Crippen LogP contribution in [-0.2, 0) is 11.2 Å². The molecular formula is C23H22ClN3O4. The number of fused-ring (bicyclic) bond motifs is 2. The summed E-state index contributed by atoms with van der Waals surface area (Å²) in [6, 6.07) is 11.5. The molecule has 7 nitrogen and oxygen atoms in total. The van der Waals surface area contributed by atoms with Gasteiger partial charge in [0.05, 0.1) is 17.1 Å². The summed E-state index contributed by atoms with van der Waals surface area (Å²) in [6.45, 7) is 1.44. The van der Waals surface area contributed by atoms with Crippen molar-refractivity contribution in [3.63, 3.8) is 0 Å².